The van der Waals surface area contributed by atoms with Crippen LogP contribution in [-0.4, -0.2) is 31.2 Å². The number of rotatable bonds is 9. The molecule has 0 aliphatic carbocycles. The van der Waals surface area contributed by atoms with Crippen LogP contribution in [0.2, 0.25) is 0 Å². The molecule has 0 spiro atoms. The molecule has 0 aromatic heterocycles. The minimum atomic E-state index is -0.591. The van der Waals surface area contributed by atoms with Gasteiger partial charge in [-0.3, -0.25) is 9.59 Å². The third-order valence-corrected chi connectivity index (χ3v) is 3.32. The van der Waals surface area contributed by atoms with Crippen LogP contribution < -0.4 is 20.6 Å². The van der Waals surface area contributed by atoms with Gasteiger partial charge in [-0.15, -0.1) is 0 Å². The molecule has 0 bridgehead atoms. The molecule has 0 aliphatic heterocycles. The van der Waals surface area contributed by atoms with Crippen LogP contribution >= 0.6 is 0 Å². The first kappa shape index (κ1) is 19.9. The third-order valence-electron chi connectivity index (χ3n) is 3.32. The molecule has 0 saturated heterocycles. The van der Waals surface area contributed by atoms with Gasteiger partial charge in [0, 0.05) is 0 Å². The second-order valence-electron chi connectivity index (χ2n) is 5.49. The number of hydrazone groups is 1. The van der Waals surface area contributed by atoms with Gasteiger partial charge >= 0.3 is 0 Å². The first-order chi connectivity index (χ1) is 13.0. The SMILES string of the molecule is CCOc1cc(/C=N/NC(=O)Cc2ccc(F)cc2)ccc1OCC(N)=O. The minimum Gasteiger partial charge on any atom is -0.490 e. The number of carbonyl (C=O) groups is 2. The second-order valence-corrected chi connectivity index (χ2v) is 5.49. The van der Waals surface area contributed by atoms with Gasteiger partial charge in [0.15, 0.2) is 18.1 Å². The highest BCUT2D eigenvalue weighted by Gasteiger charge is 2.07. The summed E-state index contributed by atoms with van der Waals surface area (Å²) in [5.41, 5.74) is 8.81. The summed E-state index contributed by atoms with van der Waals surface area (Å²) in [6.45, 7) is 1.96. The molecule has 0 fully saturated rings. The Morgan fingerprint density at radius 2 is 1.89 bits per heavy atom. The van der Waals surface area contributed by atoms with Crippen molar-refractivity contribution in [1.82, 2.24) is 5.43 Å². The Kier molecular flexibility index (Phi) is 7.30. The zero-order valence-corrected chi connectivity index (χ0v) is 14.8. The summed E-state index contributed by atoms with van der Waals surface area (Å²) in [4.78, 5) is 22.7. The van der Waals surface area contributed by atoms with Crippen LogP contribution in [0.4, 0.5) is 4.39 Å². The molecule has 2 aromatic carbocycles. The summed E-state index contributed by atoms with van der Waals surface area (Å²) in [6.07, 6.45) is 1.53. The van der Waals surface area contributed by atoms with E-state index in [9.17, 15) is 14.0 Å². The monoisotopic (exact) mass is 373 g/mol. The highest BCUT2D eigenvalue weighted by atomic mass is 19.1. The van der Waals surface area contributed by atoms with Crippen molar-refractivity contribution in [2.45, 2.75) is 13.3 Å². The second kappa shape index (κ2) is 9.91. The van der Waals surface area contributed by atoms with Crippen molar-refractivity contribution in [2.75, 3.05) is 13.2 Å². The van der Waals surface area contributed by atoms with E-state index >= 15 is 0 Å². The Bertz CT molecular complexity index is 822. The van der Waals surface area contributed by atoms with Crippen molar-refractivity contribution < 1.29 is 23.5 Å². The van der Waals surface area contributed by atoms with E-state index in [1.165, 1.54) is 30.5 Å². The largest absolute Gasteiger partial charge is 0.490 e. The lowest BCUT2D eigenvalue weighted by molar-refractivity contribution is -0.121. The van der Waals surface area contributed by atoms with Crippen molar-refractivity contribution in [3.05, 3.63) is 59.4 Å². The average molecular weight is 373 g/mol. The number of hydrogen-bond acceptors (Lipinski definition) is 5. The summed E-state index contributed by atoms with van der Waals surface area (Å²) in [6, 6.07) is 10.6. The van der Waals surface area contributed by atoms with Crippen LogP contribution in [0.3, 0.4) is 0 Å². The molecule has 2 aromatic rings. The van der Waals surface area contributed by atoms with Crippen LogP contribution in [0.15, 0.2) is 47.6 Å². The summed E-state index contributed by atoms with van der Waals surface area (Å²) in [5, 5.41) is 3.89. The molecule has 8 heteroatoms. The zero-order valence-electron chi connectivity index (χ0n) is 14.8. The Balaban J connectivity index is 1.96. The smallest absolute Gasteiger partial charge is 0.255 e. The van der Waals surface area contributed by atoms with Gasteiger partial charge in [0.05, 0.1) is 19.2 Å². The van der Waals surface area contributed by atoms with Gasteiger partial charge < -0.3 is 15.2 Å². The molecule has 142 valence electrons. The topological polar surface area (TPSA) is 103 Å². The predicted octanol–water partition coefficient (Wildman–Crippen LogP) is 1.78. The number of primary amides is 1. The summed E-state index contributed by atoms with van der Waals surface area (Å²) in [5.74, 6) is -0.463. The molecule has 7 nitrogen and oxygen atoms in total. The van der Waals surface area contributed by atoms with Crippen molar-refractivity contribution in [1.29, 1.82) is 0 Å². The van der Waals surface area contributed by atoms with Gasteiger partial charge in [-0.2, -0.15) is 5.10 Å². The number of nitrogens with zero attached hydrogens (tertiary/aromatic N) is 1. The highest BCUT2D eigenvalue weighted by molar-refractivity contribution is 5.84. The Hall–Kier alpha value is -3.42. The number of hydrogen-bond donors (Lipinski definition) is 2. The predicted molar refractivity (Wildman–Crippen MR) is 98.1 cm³/mol. The number of carbonyl (C=O) groups excluding carboxylic acids is 2. The average Bonchev–Trinajstić information content (AvgIpc) is 2.63. The van der Waals surface area contributed by atoms with Gasteiger partial charge in [0.1, 0.15) is 5.82 Å². The standard InChI is InChI=1S/C19H20FN3O4/c1-2-26-17-9-14(5-8-16(17)27-12-18(21)24)11-22-23-19(25)10-13-3-6-15(20)7-4-13/h3-9,11H,2,10,12H2,1H3,(H2,21,24)(H,23,25)/b22-11+. The van der Waals surface area contributed by atoms with Crippen molar-refractivity contribution >= 4 is 18.0 Å². The van der Waals surface area contributed by atoms with E-state index < -0.39 is 5.91 Å². The molecule has 0 unspecified atom stereocenters. The zero-order chi connectivity index (χ0) is 19.6. The quantitative estimate of drug-likeness (QED) is 0.516. The lowest BCUT2D eigenvalue weighted by Crippen LogP contribution is -2.20. The summed E-state index contributed by atoms with van der Waals surface area (Å²) < 4.78 is 23.6. The number of nitrogens with two attached hydrogens (primary N) is 1. The number of benzene rings is 2. The van der Waals surface area contributed by atoms with Crippen LogP contribution in [0, 0.1) is 5.82 Å². The maximum absolute atomic E-state index is 12.9. The number of halogens is 1. The molecule has 3 N–H and O–H groups in total. The molecular weight excluding hydrogens is 353 g/mol. The van der Waals surface area contributed by atoms with E-state index in [1.807, 2.05) is 6.92 Å². The van der Waals surface area contributed by atoms with Gasteiger partial charge in [0.25, 0.3) is 5.91 Å². The first-order valence-corrected chi connectivity index (χ1v) is 8.22. The molecular formula is C19H20FN3O4. The van der Waals surface area contributed by atoms with Crippen LogP contribution in [-0.2, 0) is 16.0 Å². The van der Waals surface area contributed by atoms with E-state index in [-0.39, 0.29) is 24.8 Å². The Morgan fingerprint density at radius 1 is 1.15 bits per heavy atom. The van der Waals surface area contributed by atoms with Crippen molar-refractivity contribution in [3.8, 4) is 11.5 Å². The van der Waals surface area contributed by atoms with E-state index in [0.29, 0.717) is 29.2 Å². The third kappa shape index (κ3) is 6.77. The molecule has 0 aliphatic rings. The Morgan fingerprint density at radius 3 is 2.56 bits per heavy atom. The molecule has 0 heterocycles. The Labute approximate surface area is 156 Å². The van der Waals surface area contributed by atoms with E-state index in [1.54, 1.807) is 18.2 Å². The lowest BCUT2D eigenvalue weighted by Gasteiger charge is -2.11. The first-order valence-electron chi connectivity index (χ1n) is 8.22. The molecule has 0 saturated carbocycles. The molecule has 0 radical (unpaired) electrons. The molecule has 0 atom stereocenters. The fourth-order valence-corrected chi connectivity index (χ4v) is 2.15. The van der Waals surface area contributed by atoms with Gasteiger partial charge in [-0.05, 0) is 48.4 Å². The van der Waals surface area contributed by atoms with Gasteiger partial charge in [-0.1, -0.05) is 12.1 Å². The van der Waals surface area contributed by atoms with Crippen LogP contribution in [0.5, 0.6) is 11.5 Å². The van der Waals surface area contributed by atoms with E-state index in [4.69, 9.17) is 15.2 Å². The van der Waals surface area contributed by atoms with Gasteiger partial charge in [0.2, 0.25) is 5.91 Å². The fraction of sp³-hybridized carbons (Fsp3) is 0.211. The maximum Gasteiger partial charge on any atom is 0.255 e. The number of nitrogens with one attached hydrogen (secondary N) is 1. The molecule has 2 rings (SSSR count). The minimum absolute atomic E-state index is 0.0850. The molecule has 27 heavy (non-hydrogen) atoms. The van der Waals surface area contributed by atoms with Gasteiger partial charge in [-0.25, -0.2) is 9.82 Å². The van der Waals surface area contributed by atoms with Crippen LogP contribution in [0.1, 0.15) is 18.1 Å². The summed E-state index contributed by atoms with van der Waals surface area (Å²) in [7, 11) is 0. The highest BCUT2D eigenvalue weighted by Crippen LogP contribution is 2.28. The van der Waals surface area contributed by atoms with Crippen molar-refractivity contribution in [2.24, 2.45) is 10.8 Å². The lowest BCUT2D eigenvalue weighted by atomic mass is 10.1. The summed E-state index contributed by atoms with van der Waals surface area (Å²) >= 11 is 0. The fourth-order valence-electron chi connectivity index (χ4n) is 2.15. The normalized spacial score (nSPS) is 10.6. The maximum atomic E-state index is 12.9. The number of amides is 2. The number of ether oxygens (including phenoxy) is 2. The van der Waals surface area contributed by atoms with E-state index in [2.05, 4.69) is 10.5 Å². The van der Waals surface area contributed by atoms with Crippen molar-refractivity contribution in [3.63, 3.8) is 0 Å². The molecule has 2 amide bonds. The van der Waals surface area contributed by atoms with E-state index in [0.717, 1.165) is 0 Å². The van der Waals surface area contributed by atoms with Crippen LogP contribution in [0.25, 0.3) is 0 Å².